The number of likely N-dealkylation sites (N-methyl/N-ethyl adjacent to an activating group) is 2. The number of rotatable bonds is 6. The number of pyridine rings is 1. The molecule has 14 heteroatoms. The molecular weight excluding hydrogens is 532 g/mol. The molecule has 1 aliphatic rings. The number of nitrogens with zero attached hydrogens (tertiary/aromatic N) is 6. The van der Waals surface area contributed by atoms with Gasteiger partial charge in [0.2, 0.25) is 11.9 Å². The van der Waals surface area contributed by atoms with Gasteiger partial charge in [0.25, 0.3) is 5.56 Å². The van der Waals surface area contributed by atoms with Crippen LogP contribution in [0.5, 0.6) is 0 Å². The lowest BCUT2D eigenvalue weighted by atomic mass is 10.1. The molecule has 216 valence electrons. The minimum atomic E-state index is -5.00. The molecule has 0 saturated carbocycles. The van der Waals surface area contributed by atoms with Crippen LogP contribution in [0.2, 0.25) is 0 Å². The summed E-state index contributed by atoms with van der Waals surface area (Å²) in [5, 5.41) is -0.267. The molecule has 2 aromatic heterocycles. The maximum atomic E-state index is 14.5. The first kappa shape index (κ1) is 30.3. The fourth-order valence-electron chi connectivity index (χ4n) is 4.15. The number of amides is 1. The molecule has 0 spiro atoms. The van der Waals surface area contributed by atoms with Crippen molar-refractivity contribution in [3.8, 4) is 5.69 Å². The van der Waals surface area contributed by atoms with Gasteiger partial charge in [-0.3, -0.25) is 14.2 Å². The molecule has 4 N–H and O–H groups in total. The van der Waals surface area contributed by atoms with Gasteiger partial charge in [-0.1, -0.05) is 12.6 Å². The van der Waals surface area contributed by atoms with Gasteiger partial charge in [-0.15, -0.1) is 0 Å². The summed E-state index contributed by atoms with van der Waals surface area (Å²) in [6, 6.07) is 4.24. The summed E-state index contributed by atoms with van der Waals surface area (Å²) in [5.41, 5.74) is 7.62. The Labute approximate surface area is 228 Å². The van der Waals surface area contributed by atoms with Crippen LogP contribution in [0.4, 0.5) is 35.0 Å². The molecule has 0 atom stereocenters. The first-order chi connectivity index (χ1) is 18.7. The van der Waals surface area contributed by atoms with Crippen molar-refractivity contribution in [3.63, 3.8) is 0 Å². The molecule has 0 radical (unpaired) electrons. The number of halogens is 4. The zero-order valence-electron chi connectivity index (χ0n) is 22.7. The van der Waals surface area contributed by atoms with Crippen molar-refractivity contribution >= 4 is 34.3 Å². The van der Waals surface area contributed by atoms with E-state index in [9.17, 15) is 27.2 Å². The Kier molecular flexibility index (Phi) is 9.03. The number of alkyl halides is 3. The summed E-state index contributed by atoms with van der Waals surface area (Å²) < 4.78 is 56.1. The number of benzene rings is 1. The van der Waals surface area contributed by atoms with Crippen molar-refractivity contribution in [2.45, 2.75) is 26.1 Å². The van der Waals surface area contributed by atoms with E-state index in [1.807, 2.05) is 32.8 Å². The lowest BCUT2D eigenvalue weighted by molar-refractivity contribution is -0.142. The van der Waals surface area contributed by atoms with Gasteiger partial charge in [0.1, 0.15) is 28.5 Å². The van der Waals surface area contributed by atoms with E-state index in [1.165, 1.54) is 18.2 Å². The fourth-order valence-corrected chi connectivity index (χ4v) is 4.15. The van der Waals surface area contributed by atoms with Crippen molar-refractivity contribution in [1.29, 1.82) is 0 Å². The van der Waals surface area contributed by atoms with E-state index in [4.69, 9.17) is 11.5 Å². The van der Waals surface area contributed by atoms with E-state index in [2.05, 4.69) is 16.5 Å². The van der Waals surface area contributed by atoms with E-state index in [-0.39, 0.29) is 44.9 Å². The van der Waals surface area contributed by atoms with Gasteiger partial charge in [0, 0.05) is 32.2 Å². The van der Waals surface area contributed by atoms with Crippen molar-refractivity contribution in [2.75, 3.05) is 56.6 Å². The Hall–Kier alpha value is -4.20. The highest BCUT2D eigenvalue weighted by Crippen LogP contribution is 2.35. The molecular formula is C26H32F4N8O2. The summed E-state index contributed by atoms with van der Waals surface area (Å²) in [4.78, 5) is 37.7. The fraction of sp³-hybridized carbons (Fsp3) is 0.385. The van der Waals surface area contributed by atoms with Crippen molar-refractivity contribution in [1.82, 2.24) is 24.3 Å². The summed E-state index contributed by atoms with van der Waals surface area (Å²) >= 11 is 0. The Morgan fingerprint density at radius 2 is 1.80 bits per heavy atom. The van der Waals surface area contributed by atoms with E-state index in [0.29, 0.717) is 19.2 Å². The molecule has 0 aliphatic carbocycles. The number of anilines is 3. The first-order valence-corrected chi connectivity index (χ1v) is 12.4. The number of aromatic nitrogens is 3. The third-order valence-corrected chi connectivity index (χ3v) is 6.55. The van der Waals surface area contributed by atoms with Crippen molar-refractivity contribution in [2.24, 2.45) is 0 Å². The van der Waals surface area contributed by atoms with E-state index < -0.39 is 28.9 Å². The molecule has 40 heavy (non-hydrogen) atoms. The van der Waals surface area contributed by atoms with E-state index >= 15 is 0 Å². The highest BCUT2D eigenvalue weighted by Gasteiger charge is 2.38. The Morgan fingerprint density at radius 1 is 1.18 bits per heavy atom. The van der Waals surface area contributed by atoms with Crippen LogP contribution in [-0.4, -0.2) is 76.6 Å². The smallest absolute Gasteiger partial charge is 0.397 e. The number of para-hydroxylation sites is 1. The quantitative estimate of drug-likeness (QED) is 0.266. The molecule has 3 heterocycles. The van der Waals surface area contributed by atoms with Crippen LogP contribution >= 0.6 is 0 Å². The summed E-state index contributed by atoms with van der Waals surface area (Å²) in [7, 11) is 3.82. The molecule has 1 aliphatic heterocycles. The number of nitrogen functional groups attached to an aromatic ring is 2. The van der Waals surface area contributed by atoms with Gasteiger partial charge in [0.15, 0.2) is 0 Å². The Balaban J connectivity index is 0.000000424. The van der Waals surface area contributed by atoms with Crippen LogP contribution in [0.1, 0.15) is 19.5 Å². The lowest BCUT2D eigenvalue weighted by Gasteiger charge is -2.42. The van der Waals surface area contributed by atoms with Gasteiger partial charge >= 0.3 is 6.18 Å². The van der Waals surface area contributed by atoms with Crippen LogP contribution in [-0.2, 0) is 11.0 Å². The summed E-state index contributed by atoms with van der Waals surface area (Å²) in [6.45, 7) is 9.94. The molecule has 10 nitrogen and oxygen atoms in total. The molecule has 4 rings (SSSR count). The largest absolute Gasteiger partial charge is 0.431 e. The van der Waals surface area contributed by atoms with E-state index in [1.54, 1.807) is 9.80 Å². The second-order valence-electron chi connectivity index (χ2n) is 9.25. The average molecular weight is 565 g/mol. The molecule has 1 fully saturated rings. The predicted molar refractivity (Wildman–Crippen MR) is 147 cm³/mol. The molecule has 1 aromatic carbocycles. The molecule has 1 amide bonds. The van der Waals surface area contributed by atoms with Gasteiger partial charge in [0.05, 0.1) is 11.1 Å². The number of carbonyl (C=O) groups is 1. The predicted octanol–water partition coefficient (Wildman–Crippen LogP) is 2.89. The molecule has 0 bridgehead atoms. The minimum absolute atomic E-state index is 0.0139. The second kappa shape index (κ2) is 11.9. The third kappa shape index (κ3) is 6.01. The molecule has 3 aromatic rings. The van der Waals surface area contributed by atoms with E-state index in [0.717, 1.165) is 19.2 Å². The standard InChI is InChI=1S/C19H19F4N7O.C7H13NO/c1-28(2)9-7-29(8-9)18-26-14-10(16(25)27-18)6-13(19(21,22)23)30(17(14)31)15-11(20)4-3-5-12(15)24;1-4-7(9)8(5-2)6-3/h3-6,9H,7-8,24H2,1-2H3,(H2,25,26,27);4H,1,5-6H2,2-3H3. The zero-order chi connectivity index (χ0) is 29.9. The molecule has 0 unspecified atom stereocenters. The number of hydrogen-bond acceptors (Lipinski definition) is 8. The zero-order valence-corrected chi connectivity index (χ0v) is 22.7. The number of carbonyl (C=O) groups excluding carboxylic acids is 1. The van der Waals surface area contributed by atoms with Gasteiger partial charge < -0.3 is 26.2 Å². The van der Waals surface area contributed by atoms with Crippen molar-refractivity contribution in [3.05, 3.63) is 58.8 Å². The Bertz CT molecular complexity index is 1440. The summed E-state index contributed by atoms with van der Waals surface area (Å²) in [6.07, 6.45) is -3.66. The SMILES string of the molecule is C=CC(=O)N(CC)CC.CN(C)C1CN(c2nc(N)c3cc(C(F)(F)F)n(-c4c(N)cccc4F)c(=O)c3n2)C1. The minimum Gasteiger partial charge on any atom is -0.397 e. The monoisotopic (exact) mass is 564 g/mol. The Morgan fingerprint density at radius 3 is 2.27 bits per heavy atom. The first-order valence-electron chi connectivity index (χ1n) is 12.4. The van der Waals surface area contributed by atoms with Gasteiger partial charge in [-0.25, -0.2) is 9.37 Å². The average Bonchev–Trinajstić information content (AvgIpc) is 2.84. The summed E-state index contributed by atoms with van der Waals surface area (Å²) in [5.74, 6) is -1.22. The highest BCUT2D eigenvalue weighted by molar-refractivity contribution is 5.89. The van der Waals surface area contributed by atoms with Crippen LogP contribution < -0.4 is 21.9 Å². The topological polar surface area (TPSA) is 127 Å². The molecule has 1 saturated heterocycles. The number of nitrogens with two attached hydrogens (primary N) is 2. The van der Waals surface area contributed by atoms with Crippen LogP contribution in [0, 0.1) is 5.82 Å². The van der Waals surface area contributed by atoms with Crippen LogP contribution in [0.25, 0.3) is 16.6 Å². The number of hydrogen-bond donors (Lipinski definition) is 2. The van der Waals surface area contributed by atoms with Gasteiger partial charge in [-0.05, 0) is 52.2 Å². The highest BCUT2D eigenvalue weighted by atomic mass is 19.4. The normalized spacial score (nSPS) is 13.6. The maximum Gasteiger partial charge on any atom is 0.431 e. The van der Waals surface area contributed by atoms with Crippen molar-refractivity contribution < 1.29 is 22.4 Å². The third-order valence-electron chi connectivity index (χ3n) is 6.55. The van der Waals surface area contributed by atoms with Gasteiger partial charge in [-0.2, -0.15) is 18.2 Å². The lowest BCUT2D eigenvalue weighted by Crippen LogP contribution is -2.58. The second-order valence-corrected chi connectivity index (χ2v) is 9.25. The van der Waals surface area contributed by atoms with Crippen LogP contribution in [0.3, 0.4) is 0 Å². The number of fused-ring (bicyclic) bond motifs is 1. The maximum absolute atomic E-state index is 14.5. The van der Waals surface area contributed by atoms with Crippen LogP contribution in [0.15, 0.2) is 41.7 Å².